The van der Waals surface area contributed by atoms with Gasteiger partial charge in [-0.25, -0.2) is 0 Å². The number of hydrogen-bond acceptors (Lipinski definition) is 4. The standard InChI is InChI=1S/C19H27N3O3/c23-16-8-12-22(14-19(16)9-4-11-21-18(19)25)17(24)7-2-1-5-15-6-3-10-20-13-15/h3,6,10,13,16,23H,1-2,4-5,7-9,11-12,14H2,(H,21,25)/t16-,19+/m0/s1. The number of hydrogen-bond donors (Lipinski definition) is 2. The molecule has 25 heavy (non-hydrogen) atoms. The lowest BCUT2D eigenvalue weighted by Crippen LogP contribution is -2.62. The van der Waals surface area contributed by atoms with Crippen molar-refractivity contribution in [2.75, 3.05) is 19.6 Å². The highest BCUT2D eigenvalue weighted by Gasteiger charge is 2.50. The monoisotopic (exact) mass is 345 g/mol. The van der Waals surface area contributed by atoms with Crippen molar-refractivity contribution < 1.29 is 14.7 Å². The average molecular weight is 345 g/mol. The molecule has 0 bridgehead atoms. The second-order valence-electron chi connectivity index (χ2n) is 7.20. The minimum absolute atomic E-state index is 0.0934. The van der Waals surface area contributed by atoms with E-state index in [2.05, 4.69) is 10.3 Å². The molecule has 1 spiro atoms. The molecule has 2 N–H and O–H groups in total. The van der Waals surface area contributed by atoms with E-state index in [9.17, 15) is 14.7 Å². The van der Waals surface area contributed by atoms with Crippen molar-refractivity contribution in [3.8, 4) is 0 Å². The van der Waals surface area contributed by atoms with Crippen LogP contribution >= 0.6 is 0 Å². The van der Waals surface area contributed by atoms with Crippen molar-refractivity contribution in [1.82, 2.24) is 15.2 Å². The summed E-state index contributed by atoms with van der Waals surface area (Å²) >= 11 is 0. The van der Waals surface area contributed by atoms with Crippen molar-refractivity contribution in [2.45, 2.75) is 51.0 Å². The molecule has 3 heterocycles. The minimum Gasteiger partial charge on any atom is -0.392 e. The van der Waals surface area contributed by atoms with Gasteiger partial charge in [0.05, 0.1) is 11.5 Å². The zero-order valence-electron chi connectivity index (χ0n) is 14.6. The molecular formula is C19H27N3O3. The lowest BCUT2D eigenvalue weighted by Gasteiger charge is -2.46. The number of rotatable bonds is 5. The predicted molar refractivity (Wildman–Crippen MR) is 93.7 cm³/mol. The van der Waals surface area contributed by atoms with Gasteiger partial charge < -0.3 is 15.3 Å². The van der Waals surface area contributed by atoms with Crippen molar-refractivity contribution in [3.05, 3.63) is 30.1 Å². The zero-order valence-corrected chi connectivity index (χ0v) is 14.6. The van der Waals surface area contributed by atoms with Crippen LogP contribution in [0.4, 0.5) is 0 Å². The number of carbonyl (C=O) groups is 2. The van der Waals surface area contributed by atoms with E-state index in [0.29, 0.717) is 38.9 Å². The highest BCUT2D eigenvalue weighted by Crippen LogP contribution is 2.37. The Morgan fingerprint density at radius 1 is 1.44 bits per heavy atom. The van der Waals surface area contributed by atoms with Gasteiger partial charge in [-0.1, -0.05) is 6.07 Å². The molecule has 0 aromatic carbocycles. The molecule has 6 nitrogen and oxygen atoms in total. The maximum atomic E-state index is 12.5. The zero-order chi connectivity index (χ0) is 17.7. The van der Waals surface area contributed by atoms with Gasteiger partial charge >= 0.3 is 0 Å². The predicted octanol–water partition coefficient (Wildman–Crippen LogP) is 1.28. The van der Waals surface area contributed by atoms with Crippen LogP contribution in [-0.2, 0) is 16.0 Å². The molecule has 0 unspecified atom stereocenters. The van der Waals surface area contributed by atoms with Crippen LogP contribution in [0.2, 0.25) is 0 Å². The first kappa shape index (κ1) is 17.9. The molecule has 0 saturated carbocycles. The van der Waals surface area contributed by atoms with Gasteiger partial charge in [-0.2, -0.15) is 0 Å². The highest BCUT2D eigenvalue weighted by atomic mass is 16.3. The Kier molecular flexibility index (Phi) is 5.68. The number of aromatic nitrogens is 1. The number of carbonyl (C=O) groups excluding carboxylic acids is 2. The largest absolute Gasteiger partial charge is 0.392 e. The Labute approximate surface area is 148 Å². The van der Waals surface area contributed by atoms with Gasteiger partial charge in [0.2, 0.25) is 11.8 Å². The van der Waals surface area contributed by atoms with Crippen LogP contribution in [0.5, 0.6) is 0 Å². The Morgan fingerprint density at radius 3 is 3.08 bits per heavy atom. The van der Waals surface area contributed by atoms with E-state index in [1.807, 2.05) is 18.3 Å². The molecule has 2 aliphatic heterocycles. The molecule has 0 aliphatic carbocycles. The van der Waals surface area contributed by atoms with Gasteiger partial charge in [0, 0.05) is 38.4 Å². The number of pyridine rings is 1. The van der Waals surface area contributed by atoms with Crippen molar-refractivity contribution >= 4 is 11.8 Å². The summed E-state index contributed by atoms with van der Waals surface area (Å²) in [5, 5.41) is 13.2. The van der Waals surface area contributed by atoms with Crippen molar-refractivity contribution in [3.63, 3.8) is 0 Å². The van der Waals surface area contributed by atoms with Crippen molar-refractivity contribution in [2.24, 2.45) is 5.41 Å². The minimum atomic E-state index is -0.804. The fourth-order valence-electron chi connectivity index (χ4n) is 3.97. The van der Waals surface area contributed by atoms with Gasteiger partial charge in [0.15, 0.2) is 0 Å². The number of aliphatic hydroxyl groups excluding tert-OH is 1. The number of unbranched alkanes of at least 4 members (excludes halogenated alkanes) is 1. The lowest BCUT2D eigenvalue weighted by molar-refractivity contribution is -0.154. The topological polar surface area (TPSA) is 82.5 Å². The van der Waals surface area contributed by atoms with E-state index in [1.54, 1.807) is 11.1 Å². The number of piperidine rings is 2. The average Bonchev–Trinajstić information content (AvgIpc) is 2.64. The fourth-order valence-corrected chi connectivity index (χ4v) is 3.97. The van der Waals surface area contributed by atoms with E-state index < -0.39 is 11.5 Å². The molecule has 6 heteroatoms. The third kappa shape index (κ3) is 4.00. The summed E-state index contributed by atoms with van der Waals surface area (Å²) in [5.41, 5.74) is 0.385. The second kappa shape index (κ2) is 7.95. The quantitative estimate of drug-likeness (QED) is 0.788. The molecule has 1 aromatic rings. The summed E-state index contributed by atoms with van der Waals surface area (Å²) in [4.78, 5) is 30.8. The summed E-state index contributed by atoms with van der Waals surface area (Å²) in [6, 6.07) is 3.97. The first-order chi connectivity index (χ1) is 12.1. The smallest absolute Gasteiger partial charge is 0.230 e. The van der Waals surface area contributed by atoms with Gasteiger partial charge in [-0.15, -0.1) is 0 Å². The molecule has 2 saturated heterocycles. The third-order valence-electron chi connectivity index (χ3n) is 5.50. The number of likely N-dealkylation sites (tertiary alicyclic amines) is 1. The summed E-state index contributed by atoms with van der Waals surface area (Å²) in [5.74, 6) is -0.00355. The first-order valence-corrected chi connectivity index (χ1v) is 9.25. The first-order valence-electron chi connectivity index (χ1n) is 9.25. The lowest BCUT2D eigenvalue weighted by atomic mass is 9.71. The van der Waals surface area contributed by atoms with E-state index in [1.165, 1.54) is 5.56 Å². The van der Waals surface area contributed by atoms with Crippen LogP contribution in [0, 0.1) is 5.41 Å². The maximum Gasteiger partial charge on any atom is 0.230 e. The summed E-state index contributed by atoms with van der Waals surface area (Å²) in [7, 11) is 0. The Bertz CT molecular complexity index is 607. The number of amides is 2. The normalized spacial score (nSPS) is 26.5. The van der Waals surface area contributed by atoms with Crippen LogP contribution in [-0.4, -0.2) is 52.5 Å². The Balaban J connectivity index is 1.49. The maximum absolute atomic E-state index is 12.5. The molecule has 136 valence electrons. The van der Waals surface area contributed by atoms with Gasteiger partial charge in [0.1, 0.15) is 0 Å². The van der Waals surface area contributed by atoms with Gasteiger partial charge in [-0.3, -0.25) is 14.6 Å². The molecule has 2 atom stereocenters. The van der Waals surface area contributed by atoms with Crippen LogP contribution in [0.1, 0.15) is 44.1 Å². The van der Waals surface area contributed by atoms with Crippen LogP contribution in [0.25, 0.3) is 0 Å². The fraction of sp³-hybridized carbons (Fsp3) is 0.632. The second-order valence-corrected chi connectivity index (χ2v) is 7.20. The summed E-state index contributed by atoms with van der Waals surface area (Å²) in [6.45, 7) is 1.55. The highest BCUT2D eigenvalue weighted by molar-refractivity contribution is 5.86. The molecule has 2 fully saturated rings. The van der Waals surface area contributed by atoms with Gasteiger partial charge in [0.25, 0.3) is 0 Å². The van der Waals surface area contributed by atoms with E-state index in [4.69, 9.17) is 0 Å². The van der Waals surface area contributed by atoms with E-state index in [-0.39, 0.29) is 11.8 Å². The number of nitrogens with zero attached hydrogens (tertiary/aromatic N) is 2. The summed E-state index contributed by atoms with van der Waals surface area (Å²) in [6.07, 6.45) is 8.15. The Hall–Kier alpha value is -1.95. The van der Waals surface area contributed by atoms with Crippen LogP contribution in [0.3, 0.4) is 0 Å². The number of aryl methyl sites for hydroxylation is 1. The van der Waals surface area contributed by atoms with Gasteiger partial charge in [-0.05, 0) is 50.2 Å². The molecule has 2 amide bonds. The summed E-state index contributed by atoms with van der Waals surface area (Å²) < 4.78 is 0. The third-order valence-corrected chi connectivity index (χ3v) is 5.50. The van der Waals surface area contributed by atoms with E-state index in [0.717, 1.165) is 25.7 Å². The van der Waals surface area contributed by atoms with E-state index >= 15 is 0 Å². The molecule has 0 radical (unpaired) electrons. The van der Waals surface area contributed by atoms with Crippen molar-refractivity contribution in [1.29, 1.82) is 0 Å². The molecular weight excluding hydrogens is 318 g/mol. The number of nitrogens with one attached hydrogen (secondary N) is 1. The van der Waals surface area contributed by atoms with Crippen LogP contribution < -0.4 is 5.32 Å². The molecule has 3 rings (SSSR count). The molecule has 1 aromatic heterocycles. The van der Waals surface area contributed by atoms with Crippen LogP contribution in [0.15, 0.2) is 24.5 Å². The SMILES string of the molecule is O=C(CCCCc1cccnc1)N1CC[C@H](O)[C@@]2(CCCNC2=O)C1. The molecule has 2 aliphatic rings. The number of aliphatic hydroxyl groups is 1. The Morgan fingerprint density at radius 2 is 2.32 bits per heavy atom.